The Morgan fingerprint density at radius 2 is 2.04 bits per heavy atom. The first kappa shape index (κ1) is 18.4. The maximum absolute atomic E-state index is 12.1. The second-order valence-electron chi connectivity index (χ2n) is 5.29. The first-order valence-electron chi connectivity index (χ1n) is 7.31. The predicted octanol–water partition coefficient (Wildman–Crippen LogP) is 4.31. The molecule has 2 rings (SSSR count). The first-order chi connectivity index (χ1) is 11.3. The van der Waals surface area contributed by atoms with E-state index in [1.807, 2.05) is 32.0 Å². The Bertz CT molecular complexity index is 853. The average Bonchev–Trinajstić information content (AvgIpc) is 2.90. The van der Waals surface area contributed by atoms with Crippen LogP contribution in [0.2, 0.25) is 0 Å². The van der Waals surface area contributed by atoms with Crippen molar-refractivity contribution in [3.63, 3.8) is 0 Å². The summed E-state index contributed by atoms with van der Waals surface area (Å²) >= 11 is 1.14. The van der Waals surface area contributed by atoms with Crippen LogP contribution in [0.4, 0.5) is 22.2 Å². The van der Waals surface area contributed by atoms with Crippen LogP contribution in [0.1, 0.15) is 19.2 Å². The van der Waals surface area contributed by atoms with E-state index in [1.165, 1.54) is 0 Å². The Labute approximate surface area is 145 Å². The van der Waals surface area contributed by atoms with Gasteiger partial charge in [-0.1, -0.05) is 6.92 Å². The molecular weight excluding hydrogens is 348 g/mol. The molecule has 1 atom stereocenters. The first-order valence-corrected chi connectivity index (χ1v) is 9.73. The van der Waals surface area contributed by atoms with Crippen LogP contribution in [-0.4, -0.2) is 38.0 Å². The molecule has 0 aliphatic carbocycles. The summed E-state index contributed by atoms with van der Waals surface area (Å²) in [7, 11) is 0.464. The Balaban J connectivity index is 2.46. The Kier molecular flexibility index (Phi) is 5.97. The molecule has 2 aromatic rings. The van der Waals surface area contributed by atoms with E-state index in [9.17, 15) is 8.76 Å². The second kappa shape index (κ2) is 7.77. The Morgan fingerprint density at radius 1 is 1.29 bits per heavy atom. The third kappa shape index (κ3) is 5.05. The molecule has 1 N–H and O–H groups in total. The summed E-state index contributed by atoms with van der Waals surface area (Å²) in [6, 6.07) is 5.27. The van der Waals surface area contributed by atoms with Crippen molar-refractivity contribution in [3.8, 4) is 0 Å². The van der Waals surface area contributed by atoms with Gasteiger partial charge >= 0.3 is 0 Å². The molecular formula is C14H20N6O2S2. The van der Waals surface area contributed by atoms with Crippen LogP contribution in [0.3, 0.4) is 0 Å². The van der Waals surface area contributed by atoms with Crippen LogP contribution >= 0.6 is 11.5 Å². The van der Waals surface area contributed by atoms with Crippen molar-refractivity contribution >= 4 is 43.7 Å². The van der Waals surface area contributed by atoms with E-state index in [4.69, 9.17) is 0 Å². The van der Waals surface area contributed by atoms with Crippen molar-refractivity contribution in [2.45, 2.75) is 20.3 Å². The minimum absolute atomic E-state index is 0.103. The lowest BCUT2D eigenvalue weighted by Gasteiger charge is -2.13. The van der Waals surface area contributed by atoms with E-state index in [1.54, 1.807) is 19.1 Å². The van der Waals surface area contributed by atoms with Crippen molar-refractivity contribution in [1.29, 1.82) is 0 Å². The molecule has 1 aromatic heterocycles. The van der Waals surface area contributed by atoms with Crippen molar-refractivity contribution in [3.05, 3.63) is 24.0 Å². The highest BCUT2D eigenvalue weighted by molar-refractivity contribution is 7.88. The minimum Gasteiger partial charge on any atom is -0.378 e. The van der Waals surface area contributed by atoms with Gasteiger partial charge in [0.1, 0.15) is 17.2 Å². The number of hydrogen-bond donors (Lipinski definition) is 1. The van der Waals surface area contributed by atoms with Crippen molar-refractivity contribution in [1.82, 2.24) is 9.36 Å². The van der Waals surface area contributed by atoms with Crippen molar-refractivity contribution in [2.24, 2.45) is 14.6 Å². The lowest BCUT2D eigenvalue weighted by Crippen LogP contribution is -2.08. The summed E-state index contributed by atoms with van der Waals surface area (Å²) < 4.78 is 30.2. The highest BCUT2D eigenvalue weighted by Gasteiger charge is 2.09. The van der Waals surface area contributed by atoms with Crippen molar-refractivity contribution in [2.75, 3.05) is 24.7 Å². The normalized spacial score (nSPS) is 13.9. The van der Waals surface area contributed by atoms with E-state index >= 15 is 0 Å². The zero-order valence-electron chi connectivity index (χ0n) is 14.0. The van der Waals surface area contributed by atoms with Gasteiger partial charge in [-0.15, -0.1) is 10.2 Å². The van der Waals surface area contributed by atoms with E-state index in [-0.39, 0.29) is 5.75 Å². The number of aromatic nitrogens is 2. The smallest absolute Gasteiger partial charge is 0.249 e. The lowest BCUT2D eigenvalue weighted by atomic mass is 10.2. The molecule has 8 nitrogen and oxygen atoms in total. The van der Waals surface area contributed by atoms with Gasteiger partial charge in [0.2, 0.25) is 5.13 Å². The Hall–Kier alpha value is -1.91. The van der Waals surface area contributed by atoms with E-state index < -0.39 is 10.0 Å². The highest BCUT2D eigenvalue weighted by Crippen LogP contribution is 2.34. The molecule has 0 bridgehead atoms. The number of hydrogen-bond acceptors (Lipinski definition) is 8. The SMILES string of the molecule is CCCS(=O)(O)=Nc1cc(N(C)C)ccc1N=Nc1nc(C)ns1. The van der Waals surface area contributed by atoms with Crippen LogP contribution in [-0.2, 0) is 10.0 Å². The van der Waals surface area contributed by atoms with Gasteiger partial charge in [0.05, 0.1) is 5.75 Å². The number of aryl methyl sites for hydroxylation is 1. The van der Waals surface area contributed by atoms with Gasteiger partial charge in [-0.25, -0.2) is 9.19 Å². The average molecular weight is 368 g/mol. The van der Waals surface area contributed by atoms with Gasteiger partial charge in [0.25, 0.3) is 0 Å². The number of rotatable bonds is 6. The van der Waals surface area contributed by atoms with Crippen LogP contribution in [0.5, 0.6) is 0 Å². The summed E-state index contributed by atoms with van der Waals surface area (Å²) in [6.07, 6.45) is 0.563. The summed E-state index contributed by atoms with van der Waals surface area (Å²) in [6.45, 7) is 3.61. The van der Waals surface area contributed by atoms with Gasteiger partial charge in [-0.2, -0.15) is 8.74 Å². The number of nitrogens with zero attached hydrogens (tertiary/aromatic N) is 6. The molecule has 1 aromatic carbocycles. The lowest BCUT2D eigenvalue weighted by molar-refractivity contribution is 0.550. The third-order valence-electron chi connectivity index (χ3n) is 2.95. The zero-order valence-corrected chi connectivity index (χ0v) is 15.6. The molecule has 0 aliphatic rings. The molecule has 0 radical (unpaired) electrons. The van der Waals surface area contributed by atoms with Crippen LogP contribution in [0.25, 0.3) is 0 Å². The van der Waals surface area contributed by atoms with E-state index in [2.05, 4.69) is 23.9 Å². The van der Waals surface area contributed by atoms with Gasteiger partial charge < -0.3 is 9.45 Å². The van der Waals surface area contributed by atoms with E-state index in [0.29, 0.717) is 28.8 Å². The molecule has 0 saturated carbocycles. The van der Waals surface area contributed by atoms with E-state index in [0.717, 1.165) is 17.2 Å². The molecule has 10 heteroatoms. The van der Waals surface area contributed by atoms with Crippen LogP contribution in [0, 0.1) is 6.92 Å². The summed E-state index contributed by atoms with van der Waals surface area (Å²) in [4.78, 5) is 5.99. The zero-order chi connectivity index (χ0) is 17.7. The number of anilines is 1. The molecule has 24 heavy (non-hydrogen) atoms. The molecule has 0 saturated heterocycles. The molecule has 0 fully saturated rings. The minimum atomic E-state index is -3.30. The van der Waals surface area contributed by atoms with Crippen molar-refractivity contribution < 1.29 is 8.76 Å². The fourth-order valence-corrected chi connectivity index (χ4v) is 3.42. The largest absolute Gasteiger partial charge is 0.378 e. The maximum atomic E-state index is 12.1. The topological polar surface area (TPSA) is 103 Å². The fraction of sp³-hybridized carbons (Fsp3) is 0.429. The van der Waals surface area contributed by atoms with Gasteiger partial charge in [-0.3, -0.25) is 0 Å². The highest BCUT2D eigenvalue weighted by atomic mass is 32.2. The quantitative estimate of drug-likeness (QED) is 0.765. The fourth-order valence-electron chi connectivity index (χ4n) is 1.84. The molecule has 1 heterocycles. The number of benzene rings is 1. The molecule has 0 spiro atoms. The Morgan fingerprint density at radius 3 is 2.62 bits per heavy atom. The second-order valence-corrected chi connectivity index (χ2v) is 7.83. The van der Waals surface area contributed by atoms with Crippen LogP contribution < -0.4 is 4.90 Å². The number of azo groups is 1. The molecule has 130 valence electrons. The monoisotopic (exact) mass is 368 g/mol. The summed E-state index contributed by atoms with van der Waals surface area (Å²) in [5.74, 6) is 0.730. The van der Waals surface area contributed by atoms with Crippen LogP contribution in [0.15, 0.2) is 32.8 Å². The van der Waals surface area contributed by atoms with Gasteiger partial charge in [0.15, 0.2) is 10.0 Å². The van der Waals surface area contributed by atoms with Gasteiger partial charge in [-0.05, 0) is 31.5 Å². The maximum Gasteiger partial charge on any atom is 0.249 e. The molecule has 1 unspecified atom stereocenters. The predicted molar refractivity (Wildman–Crippen MR) is 97.6 cm³/mol. The summed E-state index contributed by atoms with van der Waals surface area (Å²) in [5.41, 5.74) is 1.59. The molecule has 0 aliphatic heterocycles. The molecule has 0 amide bonds. The third-order valence-corrected chi connectivity index (χ3v) is 5.06. The van der Waals surface area contributed by atoms with Gasteiger partial charge in [0, 0.05) is 31.3 Å². The summed E-state index contributed by atoms with van der Waals surface area (Å²) in [5, 5.41) is 8.57. The standard InChI is InChI=1S/C14H20N6O2S2/c1-5-8-24(21,22)19-13-9-11(20(3)4)6-7-12(13)16-17-14-15-10(2)18-23-14/h6-7,9H,5,8H2,1-4H3,(H,19,21,22).